The molecule has 0 radical (unpaired) electrons. The van der Waals surface area contributed by atoms with Crippen LogP contribution in [0.2, 0.25) is 0 Å². The summed E-state index contributed by atoms with van der Waals surface area (Å²) in [6.45, 7) is 8.93. The van der Waals surface area contributed by atoms with Crippen LogP contribution in [0.1, 0.15) is 63.0 Å². The molecule has 4 bridgehead atoms. The highest BCUT2D eigenvalue weighted by Gasteiger charge is 2.51. The minimum absolute atomic E-state index is 0.0964. The van der Waals surface area contributed by atoms with Crippen LogP contribution < -0.4 is 4.74 Å². The van der Waals surface area contributed by atoms with Crippen LogP contribution in [0.15, 0.2) is 99.6 Å². The molecule has 4 aliphatic rings. The molecule has 272 valence electrons. The summed E-state index contributed by atoms with van der Waals surface area (Å²) in [6, 6.07) is 25.2. The van der Waals surface area contributed by atoms with Crippen molar-refractivity contribution in [1.29, 1.82) is 0 Å². The van der Waals surface area contributed by atoms with E-state index in [-0.39, 0.29) is 41.5 Å². The smallest absolute Gasteiger partial charge is 0.338 e. The highest BCUT2D eigenvalue weighted by Crippen LogP contribution is 2.61. The van der Waals surface area contributed by atoms with Gasteiger partial charge < -0.3 is 18.8 Å². The lowest BCUT2D eigenvalue weighted by atomic mass is 9.49. The molecule has 11 heteroatoms. The molecule has 0 amide bonds. The second-order valence-electron chi connectivity index (χ2n) is 14.2. The Kier molecular flexibility index (Phi) is 12.5. The van der Waals surface area contributed by atoms with Crippen LogP contribution in [-0.4, -0.2) is 49.8 Å². The maximum atomic E-state index is 12.1. The van der Waals surface area contributed by atoms with Gasteiger partial charge in [0.05, 0.1) is 17.3 Å². The van der Waals surface area contributed by atoms with Crippen LogP contribution in [0.3, 0.4) is 0 Å². The Morgan fingerprint density at radius 2 is 1.24 bits per heavy atom. The first kappa shape index (κ1) is 38.3. The molecule has 7 rings (SSSR count). The quantitative estimate of drug-likeness (QED) is 0.0477. The third kappa shape index (κ3) is 10.6. The summed E-state index contributed by atoms with van der Waals surface area (Å²) in [4.78, 5) is 38.8. The van der Waals surface area contributed by atoms with Crippen molar-refractivity contribution in [2.24, 2.45) is 23.2 Å². The molecule has 0 N–H and O–H groups in total. The second-order valence-corrected chi connectivity index (χ2v) is 17.7. The molecule has 0 atom stereocenters. The maximum absolute atomic E-state index is 12.1. The van der Waals surface area contributed by atoms with Crippen LogP contribution in [0, 0.1) is 37.0 Å². The molecule has 0 spiro atoms. The van der Waals surface area contributed by atoms with Crippen LogP contribution >= 0.6 is 0 Å². The summed E-state index contributed by atoms with van der Waals surface area (Å²) in [5.41, 5.74) is 2.39. The Morgan fingerprint density at radius 3 is 1.67 bits per heavy atom. The monoisotopic (exact) mass is 734 g/mol. The zero-order chi connectivity index (χ0) is 36.8. The molecule has 3 aromatic carbocycles. The van der Waals surface area contributed by atoms with Gasteiger partial charge in [0.15, 0.2) is 14.7 Å². The van der Waals surface area contributed by atoms with Crippen LogP contribution in [-0.2, 0) is 44.9 Å². The fraction of sp³-hybridized carbons (Fsp3) is 0.425. The molecular formula is C40H46O9S2. The molecule has 4 fully saturated rings. The van der Waals surface area contributed by atoms with Crippen LogP contribution in [0.25, 0.3) is 0 Å². The molecule has 0 aromatic heterocycles. The average Bonchev–Trinajstić information content (AvgIpc) is 3.04. The minimum atomic E-state index is -4.64. The van der Waals surface area contributed by atoms with Gasteiger partial charge in [0, 0.05) is 17.7 Å². The van der Waals surface area contributed by atoms with Crippen molar-refractivity contribution in [3.63, 3.8) is 0 Å². The Hall–Kier alpha value is -3.93. The molecular weight excluding hydrogens is 689 g/mol. The number of esters is 3. The van der Waals surface area contributed by atoms with Crippen molar-refractivity contribution < 1.29 is 41.6 Å². The van der Waals surface area contributed by atoms with Crippen LogP contribution in [0.4, 0.5) is 0 Å². The summed E-state index contributed by atoms with van der Waals surface area (Å²) in [6.07, 6.45) is 7.70. The van der Waals surface area contributed by atoms with E-state index in [0.717, 1.165) is 48.1 Å². The lowest BCUT2D eigenvalue weighted by Crippen LogP contribution is -2.47. The molecule has 9 nitrogen and oxygen atoms in total. The number of carbonyl (C=O) groups is 3. The van der Waals surface area contributed by atoms with Gasteiger partial charge >= 0.3 is 17.9 Å². The van der Waals surface area contributed by atoms with Crippen molar-refractivity contribution in [3.8, 4) is 5.75 Å². The van der Waals surface area contributed by atoms with Gasteiger partial charge in [-0.3, -0.25) is 9.59 Å². The molecule has 0 heterocycles. The van der Waals surface area contributed by atoms with Crippen molar-refractivity contribution in [3.05, 3.63) is 96.1 Å². The number of aryl methyl sites for hydroxylation is 2. The molecule has 4 saturated carbocycles. The first-order valence-electron chi connectivity index (χ1n) is 17.3. The summed E-state index contributed by atoms with van der Waals surface area (Å²) in [5.74, 6) is -0.0898. The number of hydrogen-bond acceptors (Lipinski definition) is 9. The van der Waals surface area contributed by atoms with Gasteiger partial charge in [0.1, 0.15) is 34.8 Å². The Bertz CT molecular complexity index is 1740. The van der Waals surface area contributed by atoms with Gasteiger partial charge in [-0.1, -0.05) is 43.0 Å². The molecule has 0 unspecified atom stereocenters. The Morgan fingerprint density at radius 1 is 0.784 bits per heavy atom. The van der Waals surface area contributed by atoms with E-state index in [1.54, 1.807) is 6.92 Å². The third-order valence-corrected chi connectivity index (χ3v) is 12.5. The van der Waals surface area contributed by atoms with Gasteiger partial charge in [0.2, 0.25) is 0 Å². The third-order valence-electron chi connectivity index (χ3n) is 9.76. The molecule has 51 heavy (non-hydrogen) atoms. The lowest BCUT2D eigenvalue weighted by molar-refractivity contribution is -0.156. The van der Waals surface area contributed by atoms with E-state index in [0.29, 0.717) is 17.7 Å². The van der Waals surface area contributed by atoms with E-state index in [9.17, 15) is 27.4 Å². The standard InChI is InChI=1S/C24H23O2S.C16H24O7S/c1-17(2)24(25)26-23-18(3)15-22(16-19(23)4)27(20-11-7-5-8-12-20)21-13-9-6-10-14-21;17-14(22-1-2-23-15(18)10-24(19,20)21)9-16-6-11-3-12(7-16)5-13(4-11)8-16/h5-16H,1H2,2-4H3;11-13H,1-10H2,(H,19,20,21)/q+1;/p-1. The fourth-order valence-corrected chi connectivity index (χ4v) is 10.9. The van der Waals surface area contributed by atoms with E-state index in [1.165, 1.54) is 33.9 Å². The van der Waals surface area contributed by atoms with E-state index in [4.69, 9.17) is 9.47 Å². The zero-order valence-electron chi connectivity index (χ0n) is 29.4. The average molecular weight is 735 g/mol. The lowest BCUT2D eigenvalue weighted by Gasteiger charge is -2.56. The van der Waals surface area contributed by atoms with Gasteiger partial charge in [-0.15, -0.1) is 0 Å². The number of ether oxygens (including phenoxy) is 3. The van der Waals surface area contributed by atoms with E-state index < -0.39 is 21.8 Å². The maximum Gasteiger partial charge on any atom is 0.338 e. The summed E-state index contributed by atoms with van der Waals surface area (Å²) < 4.78 is 46.4. The van der Waals surface area contributed by atoms with Crippen molar-refractivity contribution in [2.45, 2.75) is 80.4 Å². The summed E-state index contributed by atoms with van der Waals surface area (Å²) in [7, 11) is -4.86. The van der Waals surface area contributed by atoms with Crippen LogP contribution in [0.5, 0.6) is 5.75 Å². The molecule has 3 aromatic rings. The topological polar surface area (TPSA) is 136 Å². The first-order chi connectivity index (χ1) is 24.2. The predicted octanol–water partition coefficient (Wildman–Crippen LogP) is 7.10. The van der Waals surface area contributed by atoms with Crippen molar-refractivity contribution in [2.75, 3.05) is 19.0 Å². The molecule has 0 saturated heterocycles. The highest BCUT2D eigenvalue weighted by atomic mass is 32.2. The minimum Gasteiger partial charge on any atom is -0.748 e. The van der Waals surface area contributed by atoms with E-state index >= 15 is 0 Å². The Balaban J connectivity index is 0.000000199. The number of hydrogen-bond donors (Lipinski definition) is 0. The SMILES string of the molecule is C=C(C)C(=O)Oc1c(C)cc([S+](c2ccccc2)c2ccccc2)cc1C.O=C(CC12CC3CC(CC(C3)C1)C2)OCCOC(=O)CS(=O)(=O)[O-]. The predicted molar refractivity (Wildman–Crippen MR) is 193 cm³/mol. The number of carbonyl (C=O) groups excluding carboxylic acids is 3. The number of benzene rings is 3. The highest BCUT2D eigenvalue weighted by molar-refractivity contribution is 7.97. The van der Waals surface area contributed by atoms with Gasteiger partial charge in [-0.2, -0.15) is 0 Å². The molecule has 0 aliphatic heterocycles. The normalized spacial score (nSPS) is 21.7. The second kappa shape index (κ2) is 16.6. The largest absolute Gasteiger partial charge is 0.748 e. The van der Waals surface area contributed by atoms with Crippen molar-refractivity contribution >= 4 is 38.9 Å². The zero-order valence-corrected chi connectivity index (χ0v) is 31.1. The molecule has 4 aliphatic carbocycles. The summed E-state index contributed by atoms with van der Waals surface area (Å²) >= 11 is 0. The van der Waals surface area contributed by atoms with Gasteiger partial charge in [-0.25, -0.2) is 13.2 Å². The van der Waals surface area contributed by atoms with Gasteiger partial charge in [0.25, 0.3) is 0 Å². The fourth-order valence-electron chi connectivity index (χ4n) is 8.25. The first-order valence-corrected chi connectivity index (χ1v) is 20.1. The van der Waals surface area contributed by atoms with Gasteiger partial charge in [-0.05, 0) is 118 Å². The Labute approximate surface area is 303 Å². The summed E-state index contributed by atoms with van der Waals surface area (Å²) in [5, 5.41) is 0. The van der Waals surface area contributed by atoms with E-state index in [1.807, 2.05) is 26.0 Å². The van der Waals surface area contributed by atoms with Crippen molar-refractivity contribution in [1.82, 2.24) is 0 Å². The number of rotatable bonds is 12. The van der Waals surface area contributed by atoms with E-state index in [2.05, 4.69) is 72.0 Å².